The van der Waals surface area contributed by atoms with E-state index in [0.717, 1.165) is 32.3 Å². The first-order valence-electron chi connectivity index (χ1n) is 20.1. The lowest BCUT2D eigenvalue weighted by molar-refractivity contribution is 0.0358. The highest BCUT2D eigenvalue weighted by atomic mass is 32.1. The fourth-order valence-corrected chi connectivity index (χ4v) is 8.42. The number of imidazole rings is 1. The summed E-state index contributed by atoms with van der Waals surface area (Å²) >= 11 is 1.26. The number of methoxy groups -OCH3 is 1. The first-order valence-corrected chi connectivity index (χ1v) is 20.9. The van der Waals surface area contributed by atoms with Gasteiger partial charge >= 0.3 is 0 Å². The second-order valence-corrected chi connectivity index (χ2v) is 15.4. The number of nitrogens with one attached hydrogen (secondary N) is 1. The van der Waals surface area contributed by atoms with Crippen LogP contribution in [0.1, 0.15) is 73.3 Å². The predicted octanol–water partition coefficient (Wildman–Crippen LogP) is 4.37. The third kappa shape index (κ3) is 9.33. The van der Waals surface area contributed by atoms with E-state index in [0.29, 0.717) is 98.8 Å². The second-order valence-electron chi connectivity index (χ2n) is 14.4. The molecule has 0 unspecified atom stereocenters. The maximum absolute atomic E-state index is 13.8. The first kappa shape index (κ1) is 42.7. The van der Waals surface area contributed by atoms with Crippen LogP contribution in [0.2, 0.25) is 0 Å². The molecular weight excluding hydrogens is 803 g/mol. The lowest BCUT2D eigenvalue weighted by atomic mass is 10.1. The maximum atomic E-state index is 13.8. The minimum atomic E-state index is -0.646. The number of morpholine rings is 1. The molecule has 61 heavy (non-hydrogen) atoms. The number of primary amides is 1. The van der Waals surface area contributed by atoms with E-state index in [9.17, 15) is 19.2 Å². The van der Waals surface area contributed by atoms with Gasteiger partial charge in [-0.15, -0.1) is 0 Å². The van der Waals surface area contributed by atoms with Gasteiger partial charge < -0.3 is 29.1 Å². The van der Waals surface area contributed by atoms with Crippen molar-refractivity contribution in [1.29, 1.82) is 0 Å². The van der Waals surface area contributed by atoms with Gasteiger partial charge in [0, 0.05) is 56.9 Å². The van der Waals surface area contributed by atoms with Crippen molar-refractivity contribution >= 4 is 62.5 Å². The number of fused-ring (bicyclic) bond motifs is 2. The Hall–Kier alpha value is -6.44. The minimum Gasteiger partial charge on any atom is -0.494 e. The quantitative estimate of drug-likeness (QED) is 0.0748. The van der Waals surface area contributed by atoms with Gasteiger partial charge in [0.15, 0.2) is 4.80 Å². The number of ether oxygens (including phenoxy) is 3. The van der Waals surface area contributed by atoms with Gasteiger partial charge in [-0.2, -0.15) is 15.2 Å². The number of allylic oxidation sites excluding steroid dienone is 2. The van der Waals surface area contributed by atoms with Crippen LogP contribution in [0.4, 0.5) is 5.95 Å². The van der Waals surface area contributed by atoms with Gasteiger partial charge in [-0.3, -0.25) is 38.8 Å². The maximum Gasteiger partial charge on any atom is 0.297 e. The molecule has 19 heteroatoms. The Kier molecular flexibility index (Phi) is 13.2. The molecule has 0 radical (unpaired) electrons. The SMILES string of the molecule is CCn1nc(C)cc1C(=O)N=c1sc2cc(C=O)cc(OC)c2n1C/C=C/Cn1c(NC(=O)c2cc(C)nn2CC)nc2cc(C(N)=O)cc(OCCCN3CCOCC3)c21. The van der Waals surface area contributed by atoms with Gasteiger partial charge in [-0.05, 0) is 70.5 Å². The van der Waals surface area contributed by atoms with Gasteiger partial charge in [0.25, 0.3) is 11.8 Å². The number of aldehydes is 1. The molecular formula is C42H49N11O7S. The summed E-state index contributed by atoms with van der Waals surface area (Å²) in [5.41, 5.74) is 10.1. The van der Waals surface area contributed by atoms with Gasteiger partial charge in [0.2, 0.25) is 11.9 Å². The number of hydrogen-bond donors (Lipinski definition) is 2. The monoisotopic (exact) mass is 851 g/mol. The number of thiazole rings is 1. The molecule has 0 saturated carbocycles. The minimum absolute atomic E-state index is 0.202. The average molecular weight is 852 g/mol. The number of anilines is 1. The van der Waals surface area contributed by atoms with Crippen LogP contribution in [-0.2, 0) is 30.9 Å². The van der Waals surface area contributed by atoms with E-state index < -0.39 is 17.7 Å². The number of amides is 3. The summed E-state index contributed by atoms with van der Waals surface area (Å²) in [7, 11) is 1.52. The highest BCUT2D eigenvalue weighted by molar-refractivity contribution is 7.16. The predicted molar refractivity (Wildman–Crippen MR) is 230 cm³/mol. The summed E-state index contributed by atoms with van der Waals surface area (Å²) in [6.07, 6.45) is 5.26. The van der Waals surface area contributed by atoms with E-state index >= 15 is 0 Å². The lowest BCUT2D eigenvalue weighted by Gasteiger charge is -2.26. The molecule has 1 saturated heterocycles. The van der Waals surface area contributed by atoms with E-state index in [-0.39, 0.29) is 24.6 Å². The Morgan fingerprint density at radius 1 is 0.918 bits per heavy atom. The van der Waals surface area contributed by atoms with E-state index in [1.54, 1.807) is 45.8 Å². The third-order valence-electron chi connectivity index (χ3n) is 10.2. The summed E-state index contributed by atoms with van der Waals surface area (Å²) in [5.74, 6) is -0.471. The second kappa shape index (κ2) is 18.9. The number of carbonyl (C=O) groups is 4. The molecule has 6 aromatic rings. The molecule has 0 atom stereocenters. The van der Waals surface area contributed by atoms with Crippen LogP contribution < -0.4 is 25.3 Å². The molecule has 0 aliphatic carbocycles. The topological polar surface area (TPSA) is 208 Å². The zero-order valence-corrected chi connectivity index (χ0v) is 35.7. The van der Waals surface area contributed by atoms with Gasteiger partial charge in [0.1, 0.15) is 40.2 Å². The zero-order chi connectivity index (χ0) is 43.2. The Bertz CT molecular complexity index is 2710. The average Bonchev–Trinajstić information content (AvgIpc) is 4.02. The first-order chi connectivity index (χ1) is 29.5. The Labute approximate surface area is 355 Å². The van der Waals surface area contributed by atoms with Gasteiger partial charge in [-0.1, -0.05) is 23.5 Å². The van der Waals surface area contributed by atoms with Crippen LogP contribution in [0.25, 0.3) is 21.3 Å². The fourth-order valence-electron chi connectivity index (χ4n) is 7.32. The highest BCUT2D eigenvalue weighted by Crippen LogP contribution is 2.32. The largest absolute Gasteiger partial charge is 0.494 e. The standard InChI is InChI=1S/C42H49N11O7S/c1-6-52-31(19-26(3)47-52)39(56)45-41-44-30-23-29(38(43)55)24-34(60-16-10-11-49-14-17-59-18-15-49)36(30)50(41)12-8-9-13-51-37-33(58-5)21-28(25-54)22-35(37)61-42(51)46-40(57)32-20-27(4)48-53(32)7-2/h8-9,19-25H,6-7,10-18H2,1-5H3,(H2,43,55)(H,44,45,56)/b9-8+,46-42?. The summed E-state index contributed by atoms with van der Waals surface area (Å²) < 4.78 is 25.2. The van der Waals surface area contributed by atoms with Gasteiger partial charge in [-0.25, -0.2) is 4.98 Å². The number of nitrogens with two attached hydrogens (primary N) is 1. The van der Waals surface area contributed by atoms with Crippen LogP contribution in [-0.4, -0.2) is 109 Å². The summed E-state index contributed by atoms with van der Waals surface area (Å²) in [6, 6.07) is 9.98. The van der Waals surface area contributed by atoms with Crippen molar-refractivity contribution in [2.45, 2.75) is 60.3 Å². The van der Waals surface area contributed by atoms with E-state index in [2.05, 4.69) is 25.4 Å². The third-order valence-corrected chi connectivity index (χ3v) is 11.2. The molecule has 18 nitrogen and oxygen atoms in total. The van der Waals surface area contributed by atoms with Gasteiger partial charge in [0.05, 0.1) is 48.5 Å². The molecule has 7 rings (SSSR count). The molecule has 1 aliphatic rings. The smallest absolute Gasteiger partial charge is 0.297 e. The molecule has 3 amide bonds. The van der Waals surface area contributed by atoms with E-state index in [4.69, 9.17) is 24.9 Å². The number of rotatable bonds is 17. The number of aryl methyl sites for hydroxylation is 4. The Morgan fingerprint density at radius 2 is 1.61 bits per heavy atom. The molecule has 4 aromatic heterocycles. The van der Waals surface area contributed by atoms with E-state index in [1.165, 1.54) is 18.4 Å². The number of hydrogen-bond acceptors (Lipinski definition) is 12. The molecule has 3 N–H and O–H groups in total. The summed E-state index contributed by atoms with van der Waals surface area (Å²) in [6.45, 7) is 13.1. The van der Waals surface area contributed by atoms with Crippen molar-refractivity contribution in [3.63, 3.8) is 0 Å². The molecule has 5 heterocycles. The van der Waals surface area contributed by atoms with Crippen molar-refractivity contribution < 1.29 is 33.4 Å². The molecule has 2 aromatic carbocycles. The summed E-state index contributed by atoms with van der Waals surface area (Å²) in [4.78, 5) is 63.9. The summed E-state index contributed by atoms with van der Waals surface area (Å²) in [5, 5.41) is 11.8. The van der Waals surface area contributed by atoms with Crippen molar-refractivity contribution in [3.8, 4) is 11.5 Å². The number of aromatic nitrogens is 7. The fraction of sp³-hybridized carbons (Fsp3) is 0.381. The van der Waals surface area contributed by atoms with Crippen LogP contribution in [0.15, 0.2) is 53.5 Å². The van der Waals surface area contributed by atoms with E-state index in [1.807, 2.05) is 49.0 Å². The molecule has 0 spiro atoms. The van der Waals surface area contributed by atoms with Crippen molar-refractivity contribution in [3.05, 3.63) is 87.3 Å². The molecule has 0 bridgehead atoms. The Balaban J connectivity index is 1.27. The normalized spacial score (nSPS) is 13.8. The number of nitrogens with zero attached hydrogens (tertiary/aromatic N) is 9. The number of carbonyl (C=O) groups excluding carboxylic acids is 4. The van der Waals surface area contributed by atoms with Crippen LogP contribution in [0.5, 0.6) is 11.5 Å². The van der Waals surface area contributed by atoms with Crippen LogP contribution in [0.3, 0.4) is 0 Å². The van der Waals surface area contributed by atoms with Crippen molar-refractivity contribution in [1.82, 2.24) is 38.6 Å². The van der Waals surface area contributed by atoms with Crippen LogP contribution >= 0.6 is 11.3 Å². The van der Waals surface area contributed by atoms with Crippen LogP contribution in [0, 0.1) is 13.8 Å². The highest BCUT2D eigenvalue weighted by Gasteiger charge is 2.23. The lowest BCUT2D eigenvalue weighted by Crippen LogP contribution is -2.37. The van der Waals surface area contributed by atoms with Crippen molar-refractivity contribution in [2.24, 2.45) is 10.7 Å². The zero-order valence-electron chi connectivity index (χ0n) is 34.8. The van der Waals surface area contributed by atoms with Crippen molar-refractivity contribution in [2.75, 3.05) is 51.9 Å². The Morgan fingerprint density at radius 3 is 2.28 bits per heavy atom. The number of benzene rings is 2. The molecule has 1 fully saturated rings. The molecule has 320 valence electrons. The molecule has 1 aliphatic heterocycles.